The highest BCUT2D eigenvalue weighted by molar-refractivity contribution is 5.46. The maximum Gasteiger partial charge on any atom is 0.126 e. The molecule has 0 aliphatic carbocycles. The molecule has 0 amide bonds. The average molecular weight is 195 g/mol. The number of aryl methyl sites for hydroxylation is 1. The molecule has 1 aromatic rings. The molecule has 1 aliphatic rings. The molecule has 1 saturated heterocycles. The van der Waals surface area contributed by atoms with Crippen LogP contribution in [0.5, 0.6) is 0 Å². The van der Waals surface area contributed by atoms with Gasteiger partial charge < -0.3 is 10.1 Å². The quantitative estimate of drug-likeness (QED) is 0.782. The summed E-state index contributed by atoms with van der Waals surface area (Å²) in [5.74, 6) is -0.154. The van der Waals surface area contributed by atoms with Gasteiger partial charge in [0.15, 0.2) is 0 Å². The molecule has 0 bridgehead atoms. The largest absolute Gasteiger partial charge is 0.380 e. The van der Waals surface area contributed by atoms with E-state index in [4.69, 9.17) is 4.74 Å². The third kappa shape index (κ3) is 2.04. The monoisotopic (exact) mass is 195 g/mol. The van der Waals surface area contributed by atoms with E-state index >= 15 is 0 Å². The van der Waals surface area contributed by atoms with Crippen molar-refractivity contribution in [1.29, 1.82) is 0 Å². The van der Waals surface area contributed by atoms with Crippen molar-refractivity contribution in [3.63, 3.8) is 0 Å². The maximum atomic E-state index is 13.0. The zero-order valence-electron chi connectivity index (χ0n) is 8.22. The lowest BCUT2D eigenvalue weighted by Gasteiger charge is -2.12. The Morgan fingerprint density at radius 2 is 2.36 bits per heavy atom. The summed E-state index contributed by atoms with van der Waals surface area (Å²) in [6.07, 6.45) is 1.02. The smallest absolute Gasteiger partial charge is 0.126 e. The van der Waals surface area contributed by atoms with Crippen LogP contribution in [0.15, 0.2) is 18.2 Å². The summed E-state index contributed by atoms with van der Waals surface area (Å²) in [6.45, 7) is 3.33. The van der Waals surface area contributed by atoms with Crippen molar-refractivity contribution in [3.8, 4) is 0 Å². The van der Waals surface area contributed by atoms with Crippen molar-refractivity contribution in [1.82, 2.24) is 0 Å². The Kier molecular flexibility index (Phi) is 2.68. The second kappa shape index (κ2) is 3.96. The lowest BCUT2D eigenvalue weighted by atomic mass is 10.2. The van der Waals surface area contributed by atoms with Crippen molar-refractivity contribution in [2.24, 2.45) is 0 Å². The molecule has 1 aromatic carbocycles. The summed E-state index contributed by atoms with van der Waals surface area (Å²) in [5, 5.41) is 3.32. The van der Waals surface area contributed by atoms with E-state index in [0.29, 0.717) is 11.6 Å². The molecular weight excluding hydrogens is 181 g/mol. The van der Waals surface area contributed by atoms with Gasteiger partial charge in [-0.15, -0.1) is 0 Å². The summed E-state index contributed by atoms with van der Waals surface area (Å²) >= 11 is 0. The van der Waals surface area contributed by atoms with E-state index in [9.17, 15) is 4.39 Å². The Hall–Kier alpha value is -1.09. The van der Waals surface area contributed by atoms with E-state index < -0.39 is 0 Å². The van der Waals surface area contributed by atoms with Crippen molar-refractivity contribution in [2.45, 2.75) is 19.4 Å². The molecular formula is C11H14FNO. The molecule has 1 aliphatic heterocycles. The number of anilines is 1. The number of hydrogen-bond donors (Lipinski definition) is 1. The average Bonchev–Trinajstić information content (AvgIpc) is 2.64. The van der Waals surface area contributed by atoms with Crippen LogP contribution in [0.2, 0.25) is 0 Å². The molecule has 2 nitrogen and oxygen atoms in total. The molecule has 0 radical (unpaired) electrons. The van der Waals surface area contributed by atoms with Gasteiger partial charge >= 0.3 is 0 Å². The molecule has 0 saturated carbocycles. The van der Waals surface area contributed by atoms with Gasteiger partial charge in [-0.05, 0) is 37.1 Å². The van der Waals surface area contributed by atoms with Gasteiger partial charge in [-0.25, -0.2) is 4.39 Å². The number of hydrogen-bond acceptors (Lipinski definition) is 2. The Bertz CT molecular complexity index is 321. The summed E-state index contributed by atoms with van der Waals surface area (Å²) in [5.41, 5.74) is 1.65. The Morgan fingerprint density at radius 1 is 1.50 bits per heavy atom. The topological polar surface area (TPSA) is 21.3 Å². The molecule has 1 atom stereocenters. The second-order valence-corrected chi connectivity index (χ2v) is 3.67. The number of nitrogens with one attached hydrogen (secondary N) is 1. The molecule has 1 N–H and O–H groups in total. The minimum absolute atomic E-state index is 0.154. The normalized spacial score (nSPS) is 21.1. The first-order valence-electron chi connectivity index (χ1n) is 4.86. The lowest BCUT2D eigenvalue weighted by molar-refractivity contribution is 0.195. The Balaban J connectivity index is 2.05. The third-order valence-corrected chi connectivity index (χ3v) is 2.46. The first-order valence-corrected chi connectivity index (χ1v) is 4.86. The van der Waals surface area contributed by atoms with Crippen LogP contribution in [0.3, 0.4) is 0 Å². The van der Waals surface area contributed by atoms with Gasteiger partial charge in [-0.2, -0.15) is 0 Å². The van der Waals surface area contributed by atoms with E-state index in [1.807, 2.05) is 6.07 Å². The van der Waals surface area contributed by atoms with Crippen LogP contribution in [-0.2, 0) is 4.74 Å². The molecule has 0 aromatic heterocycles. The van der Waals surface area contributed by atoms with E-state index in [1.54, 1.807) is 13.0 Å². The summed E-state index contributed by atoms with van der Waals surface area (Å²) < 4.78 is 18.2. The van der Waals surface area contributed by atoms with Crippen molar-refractivity contribution >= 4 is 5.69 Å². The number of halogens is 1. The van der Waals surface area contributed by atoms with Crippen LogP contribution in [0, 0.1) is 12.7 Å². The number of rotatable bonds is 2. The van der Waals surface area contributed by atoms with Crippen molar-refractivity contribution in [3.05, 3.63) is 29.6 Å². The predicted molar refractivity (Wildman–Crippen MR) is 54.0 cm³/mol. The van der Waals surface area contributed by atoms with Gasteiger partial charge in [0.25, 0.3) is 0 Å². The molecule has 1 heterocycles. The summed E-state index contributed by atoms with van der Waals surface area (Å²) in [4.78, 5) is 0. The van der Waals surface area contributed by atoms with Crippen molar-refractivity contribution < 1.29 is 9.13 Å². The van der Waals surface area contributed by atoms with E-state index in [1.165, 1.54) is 6.07 Å². The van der Waals surface area contributed by atoms with Gasteiger partial charge in [0, 0.05) is 12.3 Å². The minimum Gasteiger partial charge on any atom is -0.380 e. The fourth-order valence-corrected chi connectivity index (χ4v) is 1.62. The number of benzene rings is 1. The van der Waals surface area contributed by atoms with Crippen LogP contribution in [0.4, 0.5) is 10.1 Å². The van der Waals surface area contributed by atoms with E-state index in [-0.39, 0.29) is 5.82 Å². The molecule has 1 unspecified atom stereocenters. The Morgan fingerprint density at radius 3 is 3.00 bits per heavy atom. The summed E-state index contributed by atoms with van der Waals surface area (Å²) in [7, 11) is 0. The standard InChI is InChI=1S/C11H14FNO/c1-8-6-9(2-3-11(8)12)13-10-4-5-14-7-10/h2-3,6,10,13H,4-5,7H2,1H3. The van der Waals surface area contributed by atoms with Gasteiger partial charge in [0.1, 0.15) is 5.82 Å². The second-order valence-electron chi connectivity index (χ2n) is 3.67. The SMILES string of the molecule is Cc1cc(NC2CCOC2)ccc1F. The first kappa shape index (κ1) is 9.46. The molecule has 1 fully saturated rings. The van der Waals surface area contributed by atoms with Gasteiger partial charge in [0.05, 0.1) is 12.6 Å². The van der Waals surface area contributed by atoms with Gasteiger partial charge in [-0.1, -0.05) is 0 Å². The highest BCUT2D eigenvalue weighted by atomic mass is 19.1. The van der Waals surface area contributed by atoms with Crippen LogP contribution >= 0.6 is 0 Å². The Labute approximate surface area is 83.1 Å². The van der Waals surface area contributed by atoms with E-state index in [2.05, 4.69) is 5.32 Å². The maximum absolute atomic E-state index is 13.0. The molecule has 14 heavy (non-hydrogen) atoms. The fourth-order valence-electron chi connectivity index (χ4n) is 1.62. The molecule has 0 spiro atoms. The molecule has 76 valence electrons. The van der Waals surface area contributed by atoms with Crippen LogP contribution in [0.25, 0.3) is 0 Å². The number of ether oxygens (including phenoxy) is 1. The minimum atomic E-state index is -0.154. The van der Waals surface area contributed by atoms with Crippen LogP contribution in [0.1, 0.15) is 12.0 Å². The van der Waals surface area contributed by atoms with Crippen LogP contribution < -0.4 is 5.32 Å². The molecule has 2 rings (SSSR count). The highest BCUT2D eigenvalue weighted by Gasteiger charge is 2.14. The zero-order valence-corrected chi connectivity index (χ0v) is 8.22. The van der Waals surface area contributed by atoms with Crippen LogP contribution in [-0.4, -0.2) is 19.3 Å². The summed E-state index contributed by atoms with van der Waals surface area (Å²) in [6, 6.07) is 5.46. The predicted octanol–water partition coefficient (Wildman–Crippen LogP) is 2.33. The third-order valence-electron chi connectivity index (χ3n) is 2.46. The highest BCUT2D eigenvalue weighted by Crippen LogP contribution is 2.17. The van der Waals surface area contributed by atoms with Crippen molar-refractivity contribution in [2.75, 3.05) is 18.5 Å². The van der Waals surface area contributed by atoms with Gasteiger partial charge in [0.2, 0.25) is 0 Å². The first-order chi connectivity index (χ1) is 6.75. The van der Waals surface area contributed by atoms with Gasteiger partial charge in [-0.3, -0.25) is 0 Å². The zero-order chi connectivity index (χ0) is 9.97. The fraction of sp³-hybridized carbons (Fsp3) is 0.455. The molecule has 3 heteroatoms. The van der Waals surface area contributed by atoms with E-state index in [0.717, 1.165) is 25.3 Å². The lowest BCUT2D eigenvalue weighted by Crippen LogP contribution is -2.18.